The third kappa shape index (κ3) is 4.13. The van der Waals surface area contributed by atoms with E-state index in [0.29, 0.717) is 5.69 Å². The van der Waals surface area contributed by atoms with Crippen LogP contribution in [0.1, 0.15) is 38.3 Å². The summed E-state index contributed by atoms with van der Waals surface area (Å²) >= 11 is 0. The maximum atomic E-state index is 13.2. The van der Waals surface area contributed by atoms with Crippen LogP contribution in [0.3, 0.4) is 0 Å². The Morgan fingerprint density at radius 2 is 1.90 bits per heavy atom. The van der Waals surface area contributed by atoms with Crippen LogP contribution in [-0.2, 0) is 12.7 Å². The van der Waals surface area contributed by atoms with Gasteiger partial charge in [-0.2, -0.15) is 13.2 Å². The molecule has 1 aromatic rings. The number of nitrogens with zero attached hydrogens (tertiary/aromatic N) is 1. The molecule has 20 heavy (non-hydrogen) atoms. The largest absolute Gasteiger partial charge is 0.416 e. The van der Waals surface area contributed by atoms with E-state index in [1.54, 1.807) is 19.2 Å². The molecule has 0 aliphatic rings. The second kappa shape index (κ2) is 6.97. The molecule has 0 amide bonds. The summed E-state index contributed by atoms with van der Waals surface area (Å²) in [6.45, 7) is 6.97. The van der Waals surface area contributed by atoms with Gasteiger partial charge in [0.25, 0.3) is 0 Å². The average Bonchev–Trinajstić information content (AvgIpc) is 2.35. The SMILES string of the molecule is CCCN(c1ccc(CNC)c(C(F)(F)F)c1)C(C)C. The number of halogens is 3. The molecule has 0 unspecified atom stereocenters. The third-order valence-corrected chi connectivity index (χ3v) is 3.19. The molecular formula is C15H23F3N2. The van der Waals surface area contributed by atoms with Gasteiger partial charge in [-0.05, 0) is 45.0 Å². The van der Waals surface area contributed by atoms with Gasteiger partial charge < -0.3 is 10.2 Å². The fourth-order valence-corrected chi connectivity index (χ4v) is 2.28. The Bertz CT molecular complexity index is 428. The molecule has 0 aliphatic carbocycles. The van der Waals surface area contributed by atoms with Crippen molar-refractivity contribution in [2.45, 2.75) is 46.0 Å². The first-order chi connectivity index (χ1) is 9.31. The first-order valence-electron chi connectivity index (χ1n) is 6.92. The van der Waals surface area contributed by atoms with Gasteiger partial charge in [0.05, 0.1) is 5.56 Å². The second-order valence-electron chi connectivity index (χ2n) is 5.16. The minimum Gasteiger partial charge on any atom is -0.369 e. The number of rotatable bonds is 6. The molecule has 0 fully saturated rings. The molecule has 0 aliphatic heterocycles. The molecule has 0 saturated heterocycles. The molecule has 0 heterocycles. The van der Waals surface area contributed by atoms with Crippen molar-refractivity contribution in [3.05, 3.63) is 29.3 Å². The molecule has 1 rings (SSSR count). The van der Waals surface area contributed by atoms with Crippen molar-refractivity contribution in [2.75, 3.05) is 18.5 Å². The van der Waals surface area contributed by atoms with Crippen LogP contribution in [0.4, 0.5) is 18.9 Å². The van der Waals surface area contributed by atoms with Crippen molar-refractivity contribution < 1.29 is 13.2 Å². The summed E-state index contributed by atoms with van der Waals surface area (Å²) in [5, 5.41) is 2.78. The van der Waals surface area contributed by atoms with Crippen LogP contribution < -0.4 is 10.2 Å². The average molecular weight is 288 g/mol. The van der Waals surface area contributed by atoms with Crippen molar-refractivity contribution in [3.8, 4) is 0 Å². The Hall–Kier alpha value is -1.23. The minimum absolute atomic E-state index is 0.172. The van der Waals surface area contributed by atoms with Crippen molar-refractivity contribution in [2.24, 2.45) is 0 Å². The highest BCUT2D eigenvalue weighted by atomic mass is 19.4. The van der Waals surface area contributed by atoms with E-state index in [4.69, 9.17) is 0 Å². The maximum Gasteiger partial charge on any atom is 0.416 e. The summed E-state index contributed by atoms with van der Waals surface area (Å²) in [6, 6.07) is 4.78. The lowest BCUT2D eigenvalue weighted by Crippen LogP contribution is -2.31. The molecule has 0 spiro atoms. The summed E-state index contributed by atoms with van der Waals surface area (Å²) in [4.78, 5) is 2.00. The van der Waals surface area contributed by atoms with Gasteiger partial charge in [-0.1, -0.05) is 13.0 Å². The van der Waals surface area contributed by atoms with Crippen LogP contribution in [-0.4, -0.2) is 19.6 Å². The Morgan fingerprint density at radius 1 is 1.25 bits per heavy atom. The van der Waals surface area contributed by atoms with Crippen molar-refractivity contribution in [3.63, 3.8) is 0 Å². The normalized spacial score (nSPS) is 12.0. The van der Waals surface area contributed by atoms with Crippen molar-refractivity contribution in [1.29, 1.82) is 0 Å². The smallest absolute Gasteiger partial charge is 0.369 e. The number of hydrogen-bond acceptors (Lipinski definition) is 2. The predicted octanol–water partition coefficient (Wildman–Crippen LogP) is 4.05. The fraction of sp³-hybridized carbons (Fsp3) is 0.600. The quantitative estimate of drug-likeness (QED) is 0.849. The van der Waals surface area contributed by atoms with E-state index in [-0.39, 0.29) is 18.2 Å². The predicted molar refractivity (Wildman–Crippen MR) is 77.0 cm³/mol. The van der Waals surface area contributed by atoms with Crippen LogP contribution in [0.25, 0.3) is 0 Å². The number of alkyl halides is 3. The minimum atomic E-state index is -4.32. The standard InChI is InChI=1S/C15H23F3N2/c1-5-8-20(11(2)3)13-7-6-12(10-19-4)14(9-13)15(16,17)18/h6-7,9,11,19H,5,8,10H2,1-4H3. The molecule has 0 radical (unpaired) electrons. The number of nitrogens with one attached hydrogen (secondary N) is 1. The zero-order valence-corrected chi connectivity index (χ0v) is 12.5. The topological polar surface area (TPSA) is 15.3 Å². The number of anilines is 1. The van der Waals surface area contributed by atoms with Crippen LogP contribution in [0, 0.1) is 0 Å². The van der Waals surface area contributed by atoms with E-state index < -0.39 is 11.7 Å². The third-order valence-electron chi connectivity index (χ3n) is 3.19. The molecule has 2 nitrogen and oxygen atoms in total. The molecule has 5 heteroatoms. The number of benzene rings is 1. The van der Waals surface area contributed by atoms with E-state index >= 15 is 0 Å². The van der Waals surface area contributed by atoms with Crippen LogP contribution >= 0.6 is 0 Å². The molecule has 1 aromatic carbocycles. The molecule has 0 atom stereocenters. The van der Waals surface area contributed by atoms with Gasteiger partial charge in [0.1, 0.15) is 0 Å². The van der Waals surface area contributed by atoms with E-state index in [1.165, 1.54) is 6.07 Å². The van der Waals surface area contributed by atoms with Gasteiger partial charge in [0, 0.05) is 24.8 Å². The van der Waals surface area contributed by atoms with Crippen molar-refractivity contribution in [1.82, 2.24) is 5.32 Å². The van der Waals surface area contributed by atoms with Gasteiger partial charge in [0.15, 0.2) is 0 Å². The van der Waals surface area contributed by atoms with Crippen LogP contribution in [0.5, 0.6) is 0 Å². The number of hydrogen-bond donors (Lipinski definition) is 1. The Kier molecular flexibility index (Phi) is 5.87. The van der Waals surface area contributed by atoms with Gasteiger partial charge in [-0.15, -0.1) is 0 Å². The van der Waals surface area contributed by atoms with Gasteiger partial charge in [-0.3, -0.25) is 0 Å². The van der Waals surface area contributed by atoms with Gasteiger partial charge in [0.2, 0.25) is 0 Å². The highest BCUT2D eigenvalue weighted by molar-refractivity contribution is 5.52. The highest BCUT2D eigenvalue weighted by Crippen LogP contribution is 2.35. The lowest BCUT2D eigenvalue weighted by Gasteiger charge is -2.29. The first kappa shape index (κ1) is 16.8. The Labute approximate surface area is 119 Å². The Morgan fingerprint density at radius 3 is 2.35 bits per heavy atom. The zero-order valence-electron chi connectivity index (χ0n) is 12.5. The molecule has 0 bridgehead atoms. The summed E-state index contributed by atoms with van der Waals surface area (Å²) in [5.41, 5.74) is 0.365. The first-order valence-corrected chi connectivity index (χ1v) is 6.92. The monoisotopic (exact) mass is 288 g/mol. The van der Waals surface area contributed by atoms with Gasteiger partial charge in [-0.25, -0.2) is 0 Å². The highest BCUT2D eigenvalue weighted by Gasteiger charge is 2.33. The van der Waals surface area contributed by atoms with E-state index in [2.05, 4.69) is 5.32 Å². The summed E-state index contributed by atoms with van der Waals surface area (Å²) in [7, 11) is 1.64. The summed E-state index contributed by atoms with van der Waals surface area (Å²) < 4.78 is 39.5. The molecular weight excluding hydrogens is 265 g/mol. The molecule has 0 saturated carbocycles. The summed E-state index contributed by atoms with van der Waals surface area (Å²) in [6.07, 6.45) is -3.42. The van der Waals surface area contributed by atoms with E-state index in [1.807, 2.05) is 25.7 Å². The molecule has 0 aromatic heterocycles. The van der Waals surface area contributed by atoms with E-state index in [9.17, 15) is 13.2 Å². The van der Waals surface area contributed by atoms with Gasteiger partial charge >= 0.3 is 6.18 Å². The maximum absolute atomic E-state index is 13.2. The molecule has 1 N–H and O–H groups in total. The van der Waals surface area contributed by atoms with Crippen molar-refractivity contribution >= 4 is 5.69 Å². The lowest BCUT2D eigenvalue weighted by atomic mass is 10.0. The summed E-state index contributed by atoms with van der Waals surface area (Å²) in [5.74, 6) is 0. The van der Waals surface area contributed by atoms with Crippen LogP contribution in [0.15, 0.2) is 18.2 Å². The zero-order chi connectivity index (χ0) is 15.3. The Balaban J connectivity index is 3.23. The van der Waals surface area contributed by atoms with E-state index in [0.717, 1.165) is 13.0 Å². The van der Waals surface area contributed by atoms with Crippen LogP contribution in [0.2, 0.25) is 0 Å². The fourth-order valence-electron chi connectivity index (χ4n) is 2.28. The molecule has 114 valence electrons. The second-order valence-corrected chi connectivity index (χ2v) is 5.16. The lowest BCUT2D eigenvalue weighted by molar-refractivity contribution is -0.138.